The molecule has 0 saturated heterocycles. The zero-order chi connectivity index (χ0) is 80.6. The molecule has 0 bridgehead atoms. The fourth-order valence-corrected chi connectivity index (χ4v) is 15.9. The van der Waals surface area contributed by atoms with Gasteiger partial charge in [-0.15, -0.1) is 0 Å². The van der Waals surface area contributed by atoms with E-state index in [4.69, 9.17) is 37.0 Å². The van der Waals surface area contributed by atoms with Gasteiger partial charge in [-0.2, -0.15) is 0 Å². The number of hydrogen-bond donors (Lipinski definition) is 3. The first-order valence-corrected chi connectivity index (χ1v) is 50.0. The zero-order valence-electron chi connectivity index (χ0n) is 72.6. The largest absolute Gasteiger partial charge is 0.472 e. The second-order valence-corrected chi connectivity index (χ2v) is 36.3. The van der Waals surface area contributed by atoms with Crippen LogP contribution in [0.15, 0.2) is 0 Å². The molecular formula is C91H178O17P2. The minimum atomic E-state index is -4.97. The zero-order valence-corrected chi connectivity index (χ0v) is 74.4. The molecule has 654 valence electrons. The fourth-order valence-electron chi connectivity index (χ4n) is 14.3. The van der Waals surface area contributed by atoms with Crippen LogP contribution < -0.4 is 0 Å². The van der Waals surface area contributed by atoms with Gasteiger partial charge in [0.05, 0.1) is 26.4 Å². The van der Waals surface area contributed by atoms with E-state index in [0.29, 0.717) is 25.7 Å². The SMILES string of the molecule is CCCCCCCCCCCCCCCCCCCCCCCC(=O)OC[C@H](COP(=O)(O)OC[C@@H](O)COP(=O)(O)OC[C@@H](COC(=O)CCCCCCCCCCC)OC(=O)CCCCCCCCCCCCCCCCCC(C)C)OC(=O)CCCCCCCCCCCCCCCCCCCCC(C)CC. The van der Waals surface area contributed by atoms with Crippen molar-refractivity contribution >= 4 is 39.5 Å². The van der Waals surface area contributed by atoms with Crippen molar-refractivity contribution in [2.24, 2.45) is 11.8 Å². The quantitative estimate of drug-likeness (QED) is 0.0222. The van der Waals surface area contributed by atoms with Crippen molar-refractivity contribution in [2.45, 2.75) is 509 Å². The van der Waals surface area contributed by atoms with Crippen LogP contribution in [0.2, 0.25) is 0 Å². The lowest BCUT2D eigenvalue weighted by atomic mass is 9.99. The molecule has 0 aromatic rings. The number of hydrogen-bond acceptors (Lipinski definition) is 15. The highest BCUT2D eigenvalue weighted by Gasteiger charge is 2.31. The number of phosphoric ester groups is 2. The normalized spacial score (nSPS) is 14.0. The van der Waals surface area contributed by atoms with Crippen molar-refractivity contribution in [1.82, 2.24) is 0 Å². The van der Waals surface area contributed by atoms with Crippen molar-refractivity contribution < 1.29 is 80.2 Å². The highest BCUT2D eigenvalue weighted by molar-refractivity contribution is 7.47. The number of aliphatic hydroxyl groups excluding tert-OH is 1. The predicted molar refractivity (Wildman–Crippen MR) is 455 cm³/mol. The summed E-state index contributed by atoms with van der Waals surface area (Å²) in [6.07, 6.45) is 76.5. The Kier molecular flexibility index (Phi) is 80.7. The van der Waals surface area contributed by atoms with Gasteiger partial charge >= 0.3 is 39.5 Å². The number of phosphoric acid groups is 2. The van der Waals surface area contributed by atoms with Crippen LogP contribution in [0.25, 0.3) is 0 Å². The van der Waals surface area contributed by atoms with Crippen LogP contribution in [0.5, 0.6) is 0 Å². The maximum atomic E-state index is 13.2. The molecule has 0 aromatic heterocycles. The van der Waals surface area contributed by atoms with Gasteiger partial charge in [-0.1, -0.05) is 440 Å². The van der Waals surface area contributed by atoms with Gasteiger partial charge in [0.25, 0.3) is 0 Å². The lowest BCUT2D eigenvalue weighted by Crippen LogP contribution is -2.30. The minimum absolute atomic E-state index is 0.108. The maximum Gasteiger partial charge on any atom is 0.472 e. The molecule has 0 rings (SSSR count). The van der Waals surface area contributed by atoms with Crippen LogP contribution in [-0.4, -0.2) is 96.7 Å². The van der Waals surface area contributed by atoms with Gasteiger partial charge in [0.2, 0.25) is 0 Å². The molecule has 0 heterocycles. The summed E-state index contributed by atoms with van der Waals surface area (Å²) in [5.41, 5.74) is 0. The van der Waals surface area contributed by atoms with Crippen molar-refractivity contribution in [3.05, 3.63) is 0 Å². The van der Waals surface area contributed by atoms with Crippen LogP contribution >= 0.6 is 15.6 Å². The summed E-state index contributed by atoms with van der Waals surface area (Å²) in [6, 6.07) is 0. The lowest BCUT2D eigenvalue weighted by Gasteiger charge is -2.21. The summed E-state index contributed by atoms with van der Waals surface area (Å²) in [5.74, 6) is -0.424. The second kappa shape index (κ2) is 82.2. The van der Waals surface area contributed by atoms with Gasteiger partial charge < -0.3 is 33.8 Å². The molecule has 0 saturated carbocycles. The summed E-state index contributed by atoms with van der Waals surface area (Å²) in [4.78, 5) is 73.3. The number of unbranched alkanes of at least 4 members (excludes halogenated alkanes) is 59. The van der Waals surface area contributed by atoms with Gasteiger partial charge in [-0.05, 0) is 37.5 Å². The standard InChI is InChI=1S/C91H178O17P2/c1-7-10-12-14-16-18-19-20-21-22-23-24-25-29-34-39-44-50-56-62-68-74-89(94)102-80-87(108-91(96)75-69-63-57-51-45-40-35-30-27-26-28-33-38-43-49-54-60-66-72-84(6)9-3)82-106-110(99,100)104-78-85(92)77-103-109(97,98)105-81-86(79-101-88(93)73-67-61-55-47-17-15-13-11-8-2)107-90(95)76-70-64-58-52-46-41-36-31-32-37-42-48-53-59-65-71-83(4)5/h83-87,92H,7-82H2,1-6H3,(H,97,98)(H,99,100)/t84?,85-,86+,87+/m0/s1. The predicted octanol–water partition coefficient (Wildman–Crippen LogP) is 28.2. The third-order valence-corrected chi connectivity index (χ3v) is 23.7. The monoisotopic (exact) mass is 1610 g/mol. The van der Waals surface area contributed by atoms with Crippen molar-refractivity contribution in [3.8, 4) is 0 Å². The molecule has 110 heavy (non-hydrogen) atoms. The van der Waals surface area contributed by atoms with Crippen LogP contribution in [0.4, 0.5) is 0 Å². The summed E-state index contributed by atoms with van der Waals surface area (Å²) in [6.45, 7) is 9.77. The summed E-state index contributed by atoms with van der Waals surface area (Å²) in [5, 5.41) is 10.7. The second-order valence-electron chi connectivity index (χ2n) is 33.4. The van der Waals surface area contributed by atoms with Crippen molar-refractivity contribution in [2.75, 3.05) is 39.6 Å². The Hall–Kier alpha value is -1.94. The molecule has 0 fully saturated rings. The molecular weight excluding hydrogens is 1430 g/mol. The topological polar surface area (TPSA) is 237 Å². The van der Waals surface area contributed by atoms with Crippen LogP contribution in [0, 0.1) is 11.8 Å². The first-order valence-electron chi connectivity index (χ1n) is 47.0. The van der Waals surface area contributed by atoms with Gasteiger partial charge in [0.1, 0.15) is 19.3 Å². The fraction of sp³-hybridized carbons (Fsp3) is 0.956. The number of rotatable bonds is 90. The van der Waals surface area contributed by atoms with E-state index >= 15 is 0 Å². The molecule has 17 nitrogen and oxygen atoms in total. The average molecular weight is 1610 g/mol. The van der Waals surface area contributed by atoms with E-state index in [1.165, 1.54) is 308 Å². The molecule has 0 spiro atoms. The Labute approximate surface area is 677 Å². The van der Waals surface area contributed by atoms with Gasteiger partial charge in [0, 0.05) is 25.7 Å². The van der Waals surface area contributed by atoms with E-state index in [1.54, 1.807) is 0 Å². The molecule has 3 unspecified atom stereocenters. The number of carbonyl (C=O) groups is 4. The molecule has 19 heteroatoms. The van der Waals surface area contributed by atoms with E-state index in [2.05, 4.69) is 41.5 Å². The molecule has 6 atom stereocenters. The number of carbonyl (C=O) groups excluding carboxylic acids is 4. The Morgan fingerprint density at radius 2 is 0.464 bits per heavy atom. The third kappa shape index (κ3) is 82.6. The smallest absolute Gasteiger partial charge is 0.462 e. The van der Waals surface area contributed by atoms with Crippen LogP contribution in [0.1, 0.15) is 491 Å². The molecule has 3 N–H and O–H groups in total. The molecule has 0 amide bonds. The highest BCUT2D eigenvalue weighted by Crippen LogP contribution is 2.45. The summed E-state index contributed by atoms with van der Waals surface area (Å²) in [7, 11) is -9.93. The van der Waals surface area contributed by atoms with Gasteiger partial charge in [-0.3, -0.25) is 37.3 Å². The van der Waals surface area contributed by atoms with E-state index in [9.17, 15) is 43.2 Å². The Morgan fingerprint density at radius 1 is 0.264 bits per heavy atom. The summed E-state index contributed by atoms with van der Waals surface area (Å²) < 4.78 is 69.0. The molecule has 0 aliphatic carbocycles. The average Bonchev–Trinajstić information content (AvgIpc) is 0.897. The maximum absolute atomic E-state index is 13.2. The first kappa shape index (κ1) is 108. The highest BCUT2D eigenvalue weighted by atomic mass is 31.2. The Bertz CT molecular complexity index is 2100. The van der Waals surface area contributed by atoms with Gasteiger partial charge in [0.15, 0.2) is 12.2 Å². The first-order chi connectivity index (χ1) is 53.4. The van der Waals surface area contributed by atoms with E-state index in [1.807, 2.05) is 0 Å². The van der Waals surface area contributed by atoms with E-state index in [0.717, 1.165) is 102 Å². The van der Waals surface area contributed by atoms with E-state index in [-0.39, 0.29) is 25.7 Å². The Morgan fingerprint density at radius 3 is 0.691 bits per heavy atom. The Balaban J connectivity index is 5.19. The molecule has 0 aliphatic heterocycles. The minimum Gasteiger partial charge on any atom is -0.462 e. The summed E-state index contributed by atoms with van der Waals surface area (Å²) >= 11 is 0. The van der Waals surface area contributed by atoms with Gasteiger partial charge in [-0.25, -0.2) is 9.13 Å². The van der Waals surface area contributed by atoms with Crippen LogP contribution in [0.3, 0.4) is 0 Å². The number of esters is 4. The van der Waals surface area contributed by atoms with Crippen molar-refractivity contribution in [1.29, 1.82) is 0 Å². The van der Waals surface area contributed by atoms with Crippen molar-refractivity contribution in [3.63, 3.8) is 0 Å². The van der Waals surface area contributed by atoms with E-state index < -0.39 is 97.5 Å². The van der Waals surface area contributed by atoms with Crippen LogP contribution in [-0.2, 0) is 65.4 Å². The molecule has 0 radical (unpaired) electrons. The number of aliphatic hydroxyl groups is 1. The third-order valence-electron chi connectivity index (χ3n) is 21.8. The molecule has 0 aliphatic rings. The molecule has 0 aromatic carbocycles. The number of ether oxygens (including phenoxy) is 4. The lowest BCUT2D eigenvalue weighted by molar-refractivity contribution is -0.161.